The molecule has 0 saturated carbocycles. The molecule has 0 aliphatic heterocycles. The number of nitrogens with zero attached hydrogens (tertiary/aromatic N) is 1. The molecule has 2 aromatic carbocycles. The van der Waals surface area contributed by atoms with Crippen LogP contribution in [0.3, 0.4) is 0 Å². The van der Waals surface area contributed by atoms with Gasteiger partial charge < -0.3 is 4.74 Å². The van der Waals surface area contributed by atoms with Crippen LogP contribution in [0.25, 0.3) is 10.7 Å². The number of aromatic hydroxyl groups is 1. The molecule has 0 aliphatic carbocycles. The molecule has 1 aromatic heterocycles. The predicted octanol–water partition coefficient (Wildman–Crippen LogP) is 4.43. The molecule has 0 spiro atoms. The number of hydrogen-bond donors (Lipinski definition) is 2. The van der Waals surface area contributed by atoms with E-state index < -0.39 is 23.6 Å². The third-order valence-corrected chi connectivity index (χ3v) is 4.83. The van der Waals surface area contributed by atoms with Crippen molar-refractivity contribution < 1.29 is 36.9 Å². The molecule has 2 N–H and O–H groups in total. The topological polar surface area (TPSA) is 105 Å². The summed E-state index contributed by atoms with van der Waals surface area (Å²) >= 11 is 6.34. The Morgan fingerprint density at radius 2 is 2.00 bits per heavy atom. The Hall–Kier alpha value is -3.39. The maximum atomic E-state index is 12.5. The second-order valence-electron chi connectivity index (χ2n) is 7.10. The van der Waals surface area contributed by atoms with Crippen LogP contribution < -0.4 is 14.8 Å². The number of hydrogen-bond acceptors (Lipinski definition) is 6. The average molecular weight is 467 g/mol. The van der Waals surface area contributed by atoms with E-state index in [0.717, 1.165) is 24.3 Å². The molecule has 12 heteroatoms. The summed E-state index contributed by atoms with van der Waals surface area (Å²) in [5, 5.41) is 22.7. The summed E-state index contributed by atoms with van der Waals surface area (Å²) in [6.45, 7) is 2.80. The van der Waals surface area contributed by atoms with Gasteiger partial charge in [-0.15, -0.1) is 13.2 Å². The molecule has 0 fully saturated rings. The van der Waals surface area contributed by atoms with Crippen molar-refractivity contribution >= 4 is 35.3 Å². The Bertz CT molecular complexity index is 1210. The summed E-state index contributed by atoms with van der Waals surface area (Å²) in [7, 11) is 1.26. The van der Waals surface area contributed by atoms with E-state index >= 15 is 0 Å². The SMILES string of the molecule is Cc1cc2c(O)obc2c(Cl)c1OCC(C)(C#N)NC(=O)c1ccc(OC(F)(F)F)cc1. The molecule has 166 valence electrons. The van der Waals surface area contributed by atoms with E-state index in [1.807, 2.05) is 6.07 Å². The molecule has 1 unspecified atom stereocenters. The van der Waals surface area contributed by atoms with Gasteiger partial charge in [0, 0.05) is 0 Å². The number of nitriles is 1. The van der Waals surface area contributed by atoms with Crippen LogP contribution in [0.4, 0.5) is 13.2 Å². The van der Waals surface area contributed by atoms with Gasteiger partial charge in [0.15, 0.2) is 0 Å². The van der Waals surface area contributed by atoms with E-state index in [0.29, 0.717) is 16.2 Å². The Balaban J connectivity index is 1.73. The van der Waals surface area contributed by atoms with E-state index in [4.69, 9.17) is 20.7 Å². The number of benzene rings is 2. The van der Waals surface area contributed by atoms with Gasteiger partial charge in [-0.2, -0.15) is 0 Å². The first-order chi connectivity index (χ1) is 14.9. The molecule has 1 heterocycles. The zero-order valence-corrected chi connectivity index (χ0v) is 17.5. The molecule has 0 bridgehead atoms. The third kappa shape index (κ3) is 5.08. The second-order valence-corrected chi connectivity index (χ2v) is 7.48. The molecule has 32 heavy (non-hydrogen) atoms. The van der Waals surface area contributed by atoms with Gasteiger partial charge in [0.2, 0.25) is 0 Å². The monoisotopic (exact) mass is 466 g/mol. The fourth-order valence-corrected chi connectivity index (χ4v) is 3.21. The van der Waals surface area contributed by atoms with E-state index in [-0.39, 0.29) is 28.9 Å². The number of carbonyl (C=O) groups excluding carboxylic acids is 1. The van der Waals surface area contributed by atoms with Crippen LogP contribution in [-0.2, 0) is 0 Å². The van der Waals surface area contributed by atoms with Crippen LogP contribution in [0.5, 0.6) is 17.4 Å². The second kappa shape index (κ2) is 8.63. The molecular weight excluding hydrogens is 451 g/mol. The number of halogens is 4. The van der Waals surface area contributed by atoms with Crippen LogP contribution in [0.2, 0.25) is 5.02 Å². The Labute approximate surface area is 185 Å². The summed E-state index contributed by atoms with van der Waals surface area (Å²) in [4.78, 5) is 12.5. The molecule has 1 atom stereocenters. The maximum absolute atomic E-state index is 12.5. The minimum atomic E-state index is -4.85. The van der Waals surface area contributed by atoms with Crippen molar-refractivity contribution in [3.8, 4) is 23.5 Å². The van der Waals surface area contributed by atoms with Gasteiger partial charge in [0.25, 0.3) is 0 Å². The molecule has 0 aliphatic rings. The summed E-state index contributed by atoms with van der Waals surface area (Å²) in [6, 6.07) is 7.78. The predicted molar refractivity (Wildman–Crippen MR) is 109 cm³/mol. The number of rotatable bonds is 6. The van der Waals surface area contributed by atoms with Gasteiger partial charge >= 0.3 is 167 Å². The molecule has 7 nitrogen and oxygen atoms in total. The van der Waals surface area contributed by atoms with Gasteiger partial charge in [0.1, 0.15) is 0 Å². The van der Waals surface area contributed by atoms with Crippen molar-refractivity contribution in [2.24, 2.45) is 0 Å². The van der Waals surface area contributed by atoms with Crippen LogP contribution >= 0.6 is 11.6 Å². The van der Waals surface area contributed by atoms with E-state index in [2.05, 4.69) is 10.1 Å². The molecular formula is C20H15BClF3N2O5. The zero-order chi connectivity index (χ0) is 23.7. The first-order valence-corrected chi connectivity index (χ1v) is 9.42. The Morgan fingerprint density at radius 1 is 1.34 bits per heavy atom. The van der Waals surface area contributed by atoms with E-state index in [1.165, 1.54) is 14.0 Å². The number of nitrogens with one attached hydrogen (secondary N) is 1. The van der Waals surface area contributed by atoms with E-state index in [9.17, 15) is 28.3 Å². The van der Waals surface area contributed by atoms with Crippen molar-refractivity contribution in [2.45, 2.75) is 25.7 Å². The van der Waals surface area contributed by atoms with Gasteiger partial charge in [-0.05, 0) is 0 Å². The number of amides is 1. The van der Waals surface area contributed by atoms with Crippen LogP contribution in [0.1, 0.15) is 22.8 Å². The fraction of sp³-hybridized carbons (Fsp3) is 0.250. The van der Waals surface area contributed by atoms with Crippen molar-refractivity contribution in [1.29, 1.82) is 5.26 Å². The van der Waals surface area contributed by atoms with Crippen LogP contribution in [0.15, 0.2) is 34.7 Å². The molecule has 3 rings (SSSR count). The first-order valence-electron chi connectivity index (χ1n) is 9.04. The third-order valence-electron chi connectivity index (χ3n) is 4.46. The van der Waals surface area contributed by atoms with Crippen LogP contribution in [0, 0.1) is 18.3 Å². The first kappa shape index (κ1) is 23.3. The number of carbonyl (C=O) groups is 1. The summed E-state index contributed by atoms with van der Waals surface area (Å²) in [6.07, 6.45) is -4.85. The summed E-state index contributed by atoms with van der Waals surface area (Å²) in [5.74, 6) is -1.23. The Morgan fingerprint density at radius 3 is 2.59 bits per heavy atom. The Kier molecular flexibility index (Phi) is 6.28. The summed E-state index contributed by atoms with van der Waals surface area (Å²) in [5.41, 5.74) is -0.918. The van der Waals surface area contributed by atoms with Crippen molar-refractivity contribution in [3.63, 3.8) is 0 Å². The number of aryl methyl sites for hydroxylation is 1. The van der Waals surface area contributed by atoms with Crippen molar-refractivity contribution in [2.75, 3.05) is 6.61 Å². The van der Waals surface area contributed by atoms with Gasteiger partial charge in [-0.3, -0.25) is 0 Å². The minimum absolute atomic E-state index is 0.0190. The normalized spacial score (nSPS) is 13.2. The standard InChI is InChI=1S/C20H15BClF3N2O5/c1-10-7-13-14(21-32-18(13)29)15(22)16(10)30-9-19(2,8-26)27-17(28)11-3-5-12(6-4-11)31-20(23,24)25/h3-7,29H,9H2,1-2H3,(H,27,28). The van der Waals surface area contributed by atoms with Gasteiger partial charge in [-0.25, -0.2) is 0 Å². The van der Waals surface area contributed by atoms with Crippen LogP contribution in [-0.4, -0.2) is 36.6 Å². The number of fused-ring (bicyclic) bond motifs is 1. The van der Waals surface area contributed by atoms with Crippen molar-refractivity contribution in [3.05, 3.63) is 46.5 Å². The van der Waals surface area contributed by atoms with E-state index in [1.54, 1.807) is 13.0 Å². The number of alkyl halides is 3. The molecule has 3 aromatic rings. The molecule has 1 amide bonds. The average Bonchev–Trinajstić information content (AvgIpc) is 3.08. The number of ether oxygens (including phenoxy) is 2. The zero-order valence-electron chi connectivity index (χ0n) is 16.7. The quantitative estimate of drug-likeness (QED) is 0.557. The van der Waals surface area contributed by atoms with Crippen molar-refractivity contribution in [1.82, 2.24) is 5.32 Å². The fourth-order valence-electron chi connectivity index (χ4n) is 2.86. The van der Waals surface area contributed by atoms with Gasteiger partial charge in [0.05, 0.1) is 0 Å². The molecule has 0 radical (unpaired) electrons. The molecule has 0 saturated heterocycles. The van der Waals surface area contributed by atoms with Gasteiger partial charge in [-0.1, -0.05) is 0 Å². The summed E-state index contributed by atoms with van der Waals surface area (Å²) < 4.78 is 51.2.